The first-order valence-corrected chi connectivity index (χ1v) is 15.7. The van der Waals surface area contributed by atoms with Crippen molar-refractivity contribution in [3.05, 3.63) is 22.8 Å². The topological polar surface area (TPSA) is 72.9 Å². The van der Waals surface area contributed by atoms with Gasteiger partial charge < -0.3 is 4.74 Å². The molecule has 39 heavy (non-hydrogen) atoms. The summed E-state index contributed by atoms with van der Waals surface area (Å²) in [5, 5.41) is 1.31. The Bertz CT molecular complexity index is 967. The lowest BCUT2D eigenvalue weighted by Gasteiger charge is -2.52. The van der Waals surface area contributed by atoms with E-state index in [1.54, 1.807) is 19.5 Å². The first kappa shape index (κ1) is 30.0. The van der Waals surface area contributed by atoms with Crippen LogP contribution in [0.25, 0.3) is 0 Å². The van der Waals surface area contributed by atoms with E-state index in [0.717, 1.165) is 51.4 Å². The Morgan fingerprint density at radius 3 is 2.36 bits per heavy atom. The highest BCUT2D eigenvalue weighted by Crippen LogP contribution is 2.63. The van der Waals surface area contributed by atoms with E-state index in [2.05, 4.69) is 6.92 Å². The molecule has 0 radical (unpaired) electrons. The zero-order valence-corrected chi connectivity index (χ0v) is 24.9. The Labute approximate surface area is 235 Å². The van der Waals surface area contributed by atoms with Crippen molar-refractivity contribution >= 4 is 17.7 Å². The maximum Gasteiger partial charge on any atom is 0.302 e. The van der Waals surface area contributed by atoms with Crippen LogP contribution >= 0.6 is 0 Å². The van der Waals surface area contributed by atoms with E-state index in [9.17, 15) is 14.4 Å². The fourth-order valence-electron chi connectivity index (χ4n) is 8.42. The average molecular weight is 542 g/mol. The number of esters is 1. The maximum atomic E-state index is 12.2. The summed E-state index contributed by atoms with van der Waals surface area (Å²) < 4.78 is 5.92. The van der Waals surface area contributed by atoms with E-state index in [1.165, 1.54) is 68.3 Å². The van der Waals surface area contributed by atoms with E-state index in [4.69, 9.17) is 9.57 Å². The van der Waals surface area contributed by atoms with Gasteiger partial charge in [-0.2, -0.15) is 0 Å². The molecule has 5 atom stereocenters. The molecule has 0 N–H and O–H groups in total. The van der Waals surface area contributed by atoms with Crippen molar-refractivity contribution in [3.8, 4) is 0 Å². The summed E-state index contributed by atoms with van der Waals surface area (Å²) in [4.78, 5) is 40.9. The third-order valence-corrected chi connectivity index (χ3v) is 10.4. The standard InChI is InChI=1S/C33H51NO5/c1-23(35)39-30-20-19-29-28-17-15-24-21-26(36)16-18-27(24)32(28)25(22-33(29,30)2)13-11-9-7-5-6-8-10-12-14-31(37)34(3)38-4/h21,25,28-30H,5-20,22H2,1-4H3/t25-,28-,29-,30-,33-/m0/s1. The van der Waals surface area contributed by atoms with Crippen LogP contribution in [0.1, 0.15) is 123 Å². The predicted molar refractivity (Wildman–Crippen MR) is 153 cm³/mol. The van der Waals surface area contributed by atoms with Gasteiger partial charge in [-0.3, -0.25) is 19.2 Å². The number of ketones is 1. The Kier molecular flexibility index (Phi) is 10.5. The molecule has 2 fully saturated rings. The highest BCUT2D eigenvalue weighted by Gasteiger charge is 2.57. The molecule has 218 valence electrons. The lowest BCUT2D eigenvalue weighted by atomic mass is 9.53. The lowest BCUT2D eigenvalue weighted by Crippen LogP contribution is -2.46. The molecule has 0 saturated heterocycles. The number of carbonyl (C=O) groups is 3. The molecule has 0 heterocycles. The molecule has 0 unspecified atom stereocenters. The molecule has 0 aromatic rings. The number of fused-ring (bicyclic) bond motifs is 4. The predicted octanol–water partition coefficient (Wildman–Crippen LogP) is 7.27. The zero-order valence-electron chi connectivity index (χ0n) is 24.9. The number of ether oxygens (including phenoxy) is 1. The van der Waals surface area contributed by atoms with Gasteiger partial charge in [-0.05, 0) is 86.3 Å². The van der Waals surface area contributed by atoms with Crippen molar-refractivity contribution < 1.29 is 24.0 Å². The van der Waals surface area contributed by atoms with Crippen LogP contribution in [0.3, 0.4) is 0 Å². The Balaban J connectivity index is 1.30. The maximum absolute atomic E-state index is 12.2. The van der Waals surface area contributed by atoms with Crippen molar-refractivity contribution in [2.75, 3.05) is 14.2 Å². The summed E-state index contributed by atoms with van der Waals surface area (Å²) in [7, 11) is 3.19. The lowest BCUT2D eigenvalue weighted by molar-refractivity contribution is -0.168. The highest BCUT2D eigenvalue weighted by atomic mass is 16.7. The van der Waals surface area contributed by atoms with Crippen LogP contribution in [0.5, 0.6) is 0 Å². The van der Waals surface area contributed by atoms with Crippen LogP contribution in [0.15, 0.2) is 22.8 Å². The second kappa shape index (κ2) is 13.6. The molecule has 0 bridgehead atoms. The number of hydroxylamine groups is 2. The minimum atomic E-state index is -0.142. The zero-order chi connectivity index (χ0) is 28.0. The molecule has 4 rings (SSSR count). The van der Waals surface area contributed by atoms with Crippen molar-refractivity contribution in [1.29, 1.82) is 0 Å². The molecule has 2 saturated carbocycles. The molecule has 1 amide bonds. The second-order valence-electron chi connectivity index (χ2n) is 12.8. The van der Waals surface area contributed by atoms with Crippen LogP contribution in [-0.2, 0) is 24.0 Å². The number of rotatable bonds is 13. The van der Waals surface area contributed by atoms with Crippen LogP contribution in [0, 0.1) is 23.2 Å². The van der Waals surface area contributed by atoms with Gasteiger partial charge in [0.2, 0.25) is 5.91 Å². The van der Waals surface area contributed by atoms with E-state index < -0.39 is 0 Å². The highest BCUT2D eigenvalue weighted by molar-refractivity contribution is 5.93. The van der Waals surface area contributed by atoms with Crippen LogP contribution in [0.2, 0.25) is 0 Å². The summed E-state index contributed by atoms with van der Waals surface area (Å²) >= 11 is 0. The molecule has 0 aromatic carbocycles. The number of hydrogen-bond acceptors (Lipinski definition) is 5. The van der Waals surface area contributed by atoms with Gasteiger partial charge in [0.1, 0.15) is 6.10 Å². The molecule has 0 aromatic heterocycles. The van der Waals surface area contributed by atoms with Crippen LogP contribution in [-0.4, -0.2) is 43.0 Å². The van der Waals surface area contributed by atoms with Gasteiger partial charge in [0.15, 0.2) is 5.78 Å². The van der Waals surface area contributed by atoms with E-state index in [-0.39, 0.29) is 23.4 Å². The summed E-state index contributed by atoms with van der Waals surface area (Å²) in [6, 6.07) is 0. The third kappa shape index (κ3) is 7.04. The number of nitrogens with zero attached hydrogens (tertiary/aromatic N) is 1. The Morgan fingerprint density at radius 2 is 1.67 bits per heavy atom. The van der Waals surface area contributed by atoms with E-state index in [1.807, 2.05) is 6.08 Å². The minimum absolute atomic E-state index is 0.0455. The summed E-state index contributed by atoms with van der Waals surface area (Å²) in [5.74, 6) is 1.93. The Hall–Kier alpha value is -1.95. The molecule has 0 spiro atoms. The minimum Gasteiger partial charge on any atom is -0.462 e. The normalized spacial score (nSPS) is 29.8. The number of amides is 1. The number of unbranched alkanes of at least 4 members (excludes halogenated alkanes) is 7. The number of carbonyl (C=O) groups excluding carboxylic acids is 3. The summed E-state index contributed by atoms with van der Waals surface area (Å²) in [6.45, 7) is 3.96. The van der Waals surface area contributed by atoms with Gasteiger partial charge in [-0.15, -0.1) is 0 Å². The third-order valence-electron chi connectivity index (χ3n) is 10.4. The fourth-order valence-corrected chi connectivity index (χ4v) is 8.42. The quantitative estimate of drug-likeness (QED) is 0.139. The van der Waals surface area contributed by atoms with Gasteiger partial charge in [0.05, 0.1) is 7.11 Å². The first-order chi connectivity index (χ1) is 18.7. The molecule has 6 heteroatoms. The second-order valence-corrected chi connectivity index (χ2v) is 12.8. The molecular formula is C33H51NO5. The summed E-state index contributed by atoms with van der Waals surface area (Å²) in [6.07, 6.45) is 20.3. The van der Waals surface area contributed by atoms with Crippen molar-refractivity contribution in [2.24, 2.45) is 23.2 Å². The monoisotopic (exact) mass is 541 g/mol. The Morgan fingerprint density at radius 1 is 0.974 bits per heavy atom. The van der Waals surface area contributed by atoms with Crippen LogP contribution < -0.4 is 0 Å². The first-order valence-electron chi connectivity index (χ1n) is 15.7. The molecular weight excluding hydrogens is 490 g/mol. The smallest absolute Gasteiger partial charge is 0.302 e. The number of allylic oxidation sites excluding steroid dienone is 4. The van der Waals surface area contributed by atoms with Crippen molar-refractivity contribution in [3.63, 3.8) is 0 Å². The van der Waals surface area contributed by atoms with Crippen LogP contribution in [0.4, 0.5) is 0 Å². The van der Waals surface area contributed by atoms with Gasteiger partial charge in [0.25, 0.3) is 0 Å². The van der Waals surface area contributed by atoms with Gasteiger partial charge in [-0.1, -0.05) is 57.4 Å². The van der Waals surface area contributed by atoms with E-state index in [0.29, 0.717) is 36.4 Å². The van der Waals surface area contributed by atoms with Crippen molar-refractivity contribution in [1.82, 2.24) is 5.06 Å². The molecule has 4 aliphatic carbocycles. The SMILES string of the molecule is CON(C)C(=O)CCCCCCCCCC[C@H]1C[C@]2(C)[C@@H](OC(C)=O)CC[C@H]2[C@@H]2CCC3=CC(=O)CCC3=C12. The summed E-state index contributed by atoms with van der Waals surface area (Å²) in [5.41, 5.74) is 4.62. The molecule has 4 aliphatic rings. The van der Waals surface area contributed by atoms with Gasteiger partial charge in [0, 0.05) is 32.2 Å². The van der Waals surface area contributed by atoms with E-state index >= 15 is 0 Å². The molecule has 0 aliphatic heterocycles. The fraction of sp³-hybridized carbons (Fsp3) is 0.788. The largest absolute Gasteiger partial charge is 0.462 e. The van der Waals surface area contributed by atoms with Gasteiger partial charge >= 0.3 is 5.97 Å². The average Bonchev–Trinajstić information content (AvgIpc) is 3.23. The van der Waals surface area contributed by atoms with Gasteiger partial charge in [-0.25, -0.2) is 5.06 Å². The molecule has 6 nitrogen and oxygen atoms in total. The number of hydrogen-bond donors (Lipinski definition) is 0. The van der Waals surface area contributed by atoms with Crippen molar-refractivity contribution in [2.45, 2.75) is 129 Å².